The fourth-order valence-corrected chi connectivity index (χ4v) is 1.66. The molecule has 0 aliphatic carbocycles. The lowest BCUT2D eigenvalue weighted by atomic mass is 10.2. The van der Waals surface area contributed by atoms with Crippen LogP contribution >= 0.6 is 0 Å². The van der Waals surface area contributed by atoms with Crippen molar-refractivity contribution in [2.45, 2.75) is 39.4 Å². The number of hydrogen-bond acceptors (Lipinski definition) is 3. The van der Waals surface area contributed by atoms with Crippen LogP contribution in [-0.2, 0) is 6.54 Å². The first-order chi connectivity index (χ1) is 8.16. The molecule has 2 aromatic heterocycles. The molecule has 0 saturated carbocycles. The SMILES string of the molecule is CC(NCc1ccn(C(C)C)n1)c1ccco1. The highest BCUT2D eigenvalue weighted by molar-refractivity contribution is 5.05. The Bertz CT molecular complexity index is 445. The van der Waals surface area contributed by atoms with Crippen LogP contribution in [-0.4, -0.2) is 9.78 Å². The Morgan fingerprint density at radius 1 is 1.35 bits per heavy atom. The van der Waals surface area contributed by atoms with Gasteiger partial charge in [-0.25, -0.2) is 0 Å². The lowest BCUT2D eigenvalue weighted by molar-refractivity contribution is 0.426. The van der Waals surface area contributed by atoms with Crippen molar-refractivity contribution < 1.29 is 4.42 Å². The van der Waals surface area contributed by atoms with Gasteiger partial charge in [0.15, 0.2) is 0 Å². The number of nitrogens with one attached hydrogen (secondary N) is 1. The monoisotopic (exact) mass is 233 g/mol. The zero-order chi connectivity index (χ0) is 12.3. The molecule has 2 aromatic rings. The van der Waals surface area contributed by atoms with Crippen molar-refractivity contribution in [2.24, 2.45) is 0 Å². The second kappa shape index (κ2) is 5.19. The maximum Gasteiger partial charge on any atom is 0.120 e. The summed E-state index contributed by atoms with van der Waals surface area (Å²) < 4.78 is 7.31. The fraction of sp³-hybridized carbons (Fsp3) is 0.462. The first-order valence-electron chi connectivity index (χ1n) is 5.97. The topological polar surface area (TPSA) is 43.0 Å². The van der Waals surface area contributed by atoms with Gasteiger partial charge in [0.05, 0.1) is 18.0 Å². The molecule has 0 radical (unpaired) electrons. The molecule has 92 valence electrons. The van der Waals surface area contributed by atoms with Gasteiger partial charge in [-0.2, -0.15) is 5.10 Å². The molecular formula is C13H19N3O. The Kier molecular flexibility index (Phi) is 3.64. The van der Waals surface area contributed by atoms with Gasteiger partial charge in [-0.05, 0) is 39.0 Å². The van der Waals surface area contributed by atoms with Gasteiger partial charge in [-0.15, -0.1) is 0 Å². The summed E-state index contributed by atoms with van der Waals surface area (Å²) in [4.78, 5) is 0. The van der Waals surface area contributed by atoms with Crippen LogP contribution < -0.4 is 5.32 Å². The van der Waals surface area contributed by atoms with Crippen LogP contribution in [0.3, 0.4) is 0 Å². The van der Waals surface area contributed by atoms with Crippen molar-refractivity contribution in [3.8, 4) is 0 Å². The summed E-state index contributed by atoms with van der Waals surface area (Å²) in [5, 5.41) is 7.87. The molecule has 0 aromatic carbocycles. The minimum atomic E-state index is 0.203. The van der Waals surface area contributed by atoms with Crippen molar-refractivity contribution in [1.82, 2.24) is 15.1 Å². The van der Waals surface area contributed by atoms with Gasteiger partial charge in [-0.1, -0.05) is 0 Å². The van der Waals surface area contributed by atoms with Gasteiger partial charge in [0.2, 0.25) is 0 Å². The zero-order valence-corrected chi connectivity index (χ0v) is 10.6. The summed E-state index contributed by atoms with van der Waals surface area (Å²) >= 11 is 0. The van der Waals surface area contributed by atoms with E-state index in [2.05, 4.69) is 31.2 Å². The van der Waals surface area contributed by atoms with Crippen LogP contribution in [0.15, 0.2) is 35.1 Å². The fourth-order valence-electron chi connectivity index (χ4n) is 1.66. The molecule has 0 aliphatic heterocycles. The smallest absolute Gasteiger partial charge is 0.120 e. The minimum Gasteiger partial charge on any atom is -0.468 e. The van der Waals surface area contributed by atoms with Gasteiger partial charge in [-0.3, -0.25) is 4.68 Å². The van der Waals surface area contributed by atoms with Crippen molar-refractivity contribution in [3.63, 3.8) is 0 Å². The molecule has 4 heteroatoms. The molecule has 0 amide bonds. The number of aromatic nitrogens is 2. The van der Waals surface area contributed by atoms with E-state index in [0.29, 0.717) is 6.04 Å². The lowest BCUT2D eigenvalue weighted by Gasteiger charge is -2.09. The molecular weight excluding hydrogens is 214 g/mol. The quantitative estimate of drug-likeness (QED) is 0.863. The second-order valence-corrected chi connectivity index (χ2v) is 4.50. The molecule has 0 aliphatic rings. The van der Waals surface area contributed by atoms with Gasteiger partial charge < -0.3 is 9.73 Å². The maximum atomic E-state index is 5.34. The van der Waals surface area contributed by atoms with E-state index in [1.807, 2.05) is 29.1 Å². The minimum absolute atomic E-state index is 0.203. The molecule has 17 heavy (non-hydrogen) atoms. The molecule has 0 spiro atoms. The Labute approximate surface area is 102 Å². The third-order valence-electron chi connectivity index (χ3n) is 2.75. The van der Waals surface area contributed by atoms with E-state index >= 15 is 0 Å². The van der Waals surface area contributed by atoms with Crippen LogP contribution in [0.5, 0.6) is 0 Å². The van der Waals surface area contributed by atoms with E-state index < -0.39 is 0 Å². The lowest BCUT2D eigenvalue weighted by Crippen LogP contribution is -2.18. The summed E-state index contributed by atoms with van der Waals surface area (Å²) in [6.45, 7) is 7.07. The summed E-state index contributed by atoms with van der Waals surface area (Å²) in [5.41, 5.74) is 1.05. The molecule has 1 atom stereocenters. The Morgan fingerprint density at radius 3 is 2.76 bits per heavy atom. The van der Waals surface area contributed by atoms with E-state index in [1.54, 1.807) is 6.26 Å². The molecule has 2 rings (SSSR count). The molecule has 0 bridgehead atoms. The van der Waals surface area contributed by atoms with E-state index in [1.165, 1.54) is 0 Å². The molecule has 4 nitrogen and oxygen atoms in total. The summed E-state index contributed by atoms with van der Waals surface area (Å²) in [5.74, 6) is 0.952. The zero-order valence-electron chi connectivity index (χ0n) is 10.6. The maximum absolute atomic E-state index is 5.34. The third-order valence-corrected chi connectivity index (χ3v) is 2.75. The normalized spacial score (nSPS) is 13.2. The molecule has 0 fully saturated rings. The highest BCUT2D eigenvalue weighted by atomic mass is 16.3. The van der Waals surface area contributed by atoms with Crippen LogP contribution in [0.2, 0.25) is 0 Å². The summed E-state index contributed by atoms with van der Waals surface area (Å²) in [7, 11) is 0. The van der Waals surface area contributed by atoms with Crippen molar-refractivity contribution >= 4 is 0 Å². The average molecular weight is 233 g/mol. The Hall–Kier alpha value is -1.55. The second-order valence-electron chi connectivity index (χ2n) is 4.50. The molecule has 1 N–H and O–H groups in total. The highest BCUT2D eigenvalue weighted by Crippen LogP contribution is 2.13. The van der Waals surface area contributed by atoms with Gasteiger partial charge >= 0.3 is 0 Å². The number of furan rings is 1. The van der Waals surface area contributed by atoms with Crippen LogP contribution in [0.1, 0.15) is 44.3 Å². The van der Waals surface area contributed by atoms with E-state index in [-0.39, 0.29) is 6.04 Å². The molecule has 1 unspecified atom stereocenters. The predicted molar refractivity (Wildman–Crippen MR) is 66.6 cm³/mol. The highest BCUT2D eigenvalue weighted by Gasteiger charge is 2.08. The average Bonchev–Trinajstić information content (AvgIpc) is 2.97. The number of rotatable bonds is 5. The number of nitrogens with zero attached hydrogens (tertiary/aromatic N) is 2. The van der Waals surface area contributed by atoms with E-state index in [0.717, 1.165) is 18.0 Å². The van der Waals surface area contributed by atoms with Gasteiger partial charge in [0.1, 0.15) is 5.76 Å². The van der Waals surface area contributed by atoms with Gasteiger partial charge in [0, 0.05) is 18.8 Å². The first kappa shape index (κ1) is 11.9. The van der Waals surface area contributed by atoms with E-state index in [9.17, 15) is 0 Å². The van der Waals surface area contributed by atoms with Crippen LogP contribution in [0, 0.1) is 0 Å². The first-order valence-corrected chi connectivity index (χ1v) is 5.97. The Balaban J connectivity index is 1.89. The van der Waals surface area contributed by atoms with Crippen molar-refractivity contribution in [2.75, 3.05) is 0 Å². The van der Waals surface area contributed by atoms with E-state index in [4.69, 9.17) is 4.42 Å². The standard InChI is InChI=1S/C13H19N3O/c1-10(2)16-7-6-12(15-16)9-14-11(3)13-5-4-8-17-13/h4-8,10-11,14H,9H2,1-3H3. The summed E-state index contributed by atoms with van der Waals surface area (Å²) in [6.07, 6.45) is 3.71. The van der Waals surface area contributed by atoms with Crippen LogP contribution in [0.25, 0.3) is 0 Å². The van der Waals surface area contributed by atoms with Crippen molar-refractivity contribution in [3.05, 3.63) is 42.1 Å². The summed E-state index contributed by atoms with van der Waals surface area (Å²) in [6, 6.07) is 6.54. The molecule has 0 saturated heterocycles. The largest absolute Gasteiger partial charge is 0.468 e. The third kappa shape index (κ3) is 2.97. The molecule has 2 heterocycles. The van der Waals surface area contributed by atoms with Crippen molar-refractivity contribution in [1.29, 1.82) is 0 Å². The Morgan fingerprint density at radius 2 is 2.18 bits per heavy atom. The number of hydrogen-bond donors (Lipinski definition) is 1. The van der Waals surface area contributed by atoms with Gasteiger partial charge in [0.25, 0.3) is 0 Å². The van der Waals surface area contributed by atoms with Crippen LogP contribution in [0.4, 0.5) is 0 Å². The predicted octanol–water partition coefficient (Wildman–Crippen LogP) is 2.91.